The monoisotopic (exact) mass is 343 g/mol. The number of hydrogen-bond donors (Lipinski definition) is 0. The van der Waals surface area contributed by atoms with E-state index < -0.39 is 12.4 Å². The summed E-state index contributed by atoms with van der Waals surface area (Å²) in [6, 6.07) is 1.19. The van der Waals surface area contributed by atoms with Crippen molar-refractivity contribution in [2.45, 2.75) is 6.43 Å². The molecule has 1 aromatic rings. The van der Waals surface area contributed by atoms with Gasteiger partial charge in [0.15, 0.2) is 5.69 Å². The van der Waals surface area contributed by atoms with Crippen LogP contribution in [-0.2, 0) is 4.74 Å². The van der Waals surface area contributed by atoms with E-state index in [0.717, 1.165) is 0 Å². The molecule has 0 saturated carbocycles. The minimum atomic E-state index is -2.67. The SMILES string of the molecule is COC(=O)c1cc(Br)c(C(F)F)c(Br)n1. The first-order valence-electron chi connectivity index (χ1n) is 3.69. The van der Waals surface area contributed by atoms with Crippen LogP contribution < -0.4 is 0 Å². The highest BCUT2D eigenvalue weighted by Crippen LogP contribution is 2.33. The first-order valence-corrected chi connectivity index (χ1v) is 5.28. The van der Waals surface area contributed by atoms with Crippen LogP contribution in [0.15, 0.2) is 15.1 Å². The Bertz CT molecular complexity index is 375. The van der Waals surface area contributed by atoms with Gasteiger partial charge in [0.1, 0.15) is 4.60 Å². The minimum Gasteiger partial charge on any atom is -0.464 e. The van der Waals surface area contributed by atoms with Crippen LogP contribution in [0, 0.1) is 0 Å². The van der Waals surface area contributed by atoms with Gasteiger partial charge in [0.05, 0.1) is 12.7 Å². The highest BCUT2D eigenvalue weighted by atomic mass is 79.9. The van der Waals surface area contributed by atoms with E-state index in [9.17, 15) is 13.6 Å². The second kappa shape index (κ2) is 4.98. The quantitative estimate of drug-likeness (QED) is 0.610. The number of carbonyl (C=O) groups is 1. The Morgan fingerprint density at radius 2 is 2.13 bits per heavy atom. The first-order chi connectivity index (χ1) is 6.97. The van der Waals surface area contributed by atoms with Crippen LogP contribution in [0.3, 0.4) is 0 Å². The molecule has 0 aromatic carbocycles. The van der Waals surface area contributed by atoms with Gasteiger partial charge in [-0.3, -0.25) is 0 Å². The second-order valence-electron chi connectivity index (χ2n) is 2.49. The Kier molecular flexibility index (Phi) is 4.15. The lowest BCUT2D eigenvalue weighted by atomic mass is 10.2. The fraction of sp³-hybridized carbons (Fsp3) is 0.250. The Balaban J connectivity index is 3.25. The van der Waals surface area contributed by atoms with Crippen molar-refractivity contribution in [1.29, 1.82) is 0 Å². The molecule has 7 heteroatoms. The number of nitrogens with zero attached hydrogens (tertiary/aromatic N) is 1. The van der Waals surface area contributed by atoms with Crippen LogP contribution in [0.4, 0.5) is 8.78 Å². The van der Waals surface area contributed by atoms with Crippen molar-refractivity contribution >= 4 is 37.8 Å². The number of esters is 1. The van der Waals surface area contributed by atoms with Gasteiger partial charge in [0.2, 0.25) is 0 Å². The summed E-state index contributed by atoms with van der Waals surface area (Å²) in [7, 11) is 1.19. The van der Waals surface area contributed by atoms with Crippen molar-refractivity contribution in [3.63, 3.8) is 0 Å². The van der Waals surface area contributed by atoms with Crippen LogP contribution in [0.25, 0.3) is 0 Å². The fourth-order valence-electron chi connectivity index (χ4n) is 0.898. The standard InChI is InChI=1S/C8H5Br2F2NO2/c1-15-8(14)4-2-3(9)5(7(11)12)6(10)13-4/h2,7H,1H3. The molecular formula is C8H5Br2F2NO2. The highest BCUT2D eigenvalue weighted by Gasteiger charge is 2.20. The van der Waals surface area contributed by atoms with Gasteiger partial charge in [0.25, 0.3) is 6.43 Å². The molecule has 0 fully saturated rings. The minimum absolute atomic E-state index is 0.0411. The molecule has 82 valence electrons. The molecule has 1 aromatic heterocycles. The highest BCUT2D eigenvalue weighted by molar-refractivity contribution is 9.11. The number of methoxy groups -OCH3 is 1. The van der Waals surface area contributed by atoms with Gasteiger partial charge in [-0.25, -0.2) is 18.6 Å². The lowest BCUT2D eigenvalue weighted by Gasteiger charge is -2.07. The van der Waals surface area contributed by atoms with Crippen LogP contribution >= 0.6 is 31.9 Å². The molecule has 1 rings (SSSR count). The molecule has 0 aliphatic heterocycles. The van der Waals surface area contributed by atoms with E-state index >= 15 is 0 Å². The maximum Gasteiger partial charge on any atom is 0.356 e. The van der Waals surface area contributed by atoms with Crippen LogP contribution in [0.2, 0.25) is 0 Å². The molecule has 0 spiro atoms. The Morgan fingerprint density at radius 1 is 1.53 bits per heavy atom. The molecule has 0 bridgehead atoms. The van der Waals surface area contributed by atoms with E-state index in [1.165, 1.54) is 13.2 Å². The third-order valence-electron chi connectivity index (χ3n) is 1.57. The number of carbonyl (C=O) groups excluding carboxylic acids is 1. The van der Waals surface area contributed by atoms with Gasteiger partial charge < -0.3 is 4.74 Å². The van der Waals surface area contributed by atoms with Crippen molar-refractivity contribution in [3.05, 3.63) is 26.4 Å². The summed E-state index contributed by atoms with van der Waals surface area (Å²) in [6.45, 7) is 0. The lowest BCUT2D eigenvalue weighted by molar-refractivity contribution is 0.0593. The second-order valence-corrected chi connectivity index (χ2v) is 4.09. The largest absolute Gasteiger partial charge is 0.464 e. The summed E-state index contributed by atoms with van der Waals surface area (Å²) in [5.74, 6) is -0.683. The number of hydrogen-bond acceptors (Lipinski definition) is 3. The van der Waals surface area contributed by atoms with Gasteiger partial charge >= 0.3 is 5.97 Å². The van der Waals surface area contributed by atoms with Crippen LogP contribution in [0.1, 0.15) is 22.5 Å². The molecule has 0 aliphatic carbocycles. The lowest BCUT2D eigenvalue weighted by Crippen LogP contribution is -2.06. The molecule has 0 unspecified atom stereocenters. The Labute approximate surface area is 101 Å². The smallest absolute Gasteiger partial charge is 0.356 e. The molecular weight excluding hydrogens is 340 g/mol. The summed E-state index contributed by atoms with van der Waals surface area (Å²) < 4.78 is 29.4. The summed E-state index contributed by atoms with van der Waals surface area (Å²) in [5.41, 5.74) is -0.330. The molecule has 3 nitrogen and oxygen atoms in total. The molecule has 0 radical (unpaired) electrons. The molecule has 0 saturated heterocycles. The number of alkyl halides is 2. The maximum absolute atomic E-state index is 12.5. The number of halogens is 4. The summed E-state index contributed by atoms with van der Waals surface area (Å²) in [6.07, 6.45) is -2.67. The maximum atomic E-state index is 12.5. The summed E-state index contributed by atoms with van der Waals surface area (Å²) in [4.78, 5) is 14.7. The van der Waals surface area contributed by atoms with E-state index in [1.54, 1.807) is 0 Å². The predicted molar refractivity (Wildman–Crippen MR) is 55.9 cm³/mol. The van der Waals surface area contributed by atoms with Gasteiger partial charge in [-0.2, -0.15) is 0 Å². The van der Waals surface area contributed by atoms with E-state index in [-0.39, 0.29) is 20.3 Å². The third kappa shape index (κ3) is 2.72. The van der Waals surface area contributed by atoms with E-state index in [1.807, 2.05) is 0 Å². The topological polar surface area (TPSA) is 39.2 Å². The average Bonchev–Trinajstić information content (AvgIpc) is 2.14. The van der Waals surface area contributed by atoms with E-state index in [2.05, 4.69) is 41.6 Å². The number of aromatic nitrogens is 1. The van der Waals surface area contributed by atoms with Crippen molar-refractivity contribution in [2.24, 2.45) is 0 Å². The van der Waals surface area contributed by atoms with Crippen molar-refractivity contribution in [1.82, 2.24) is 4.98 Å². The Morgan fingerprint density at radius 3 is 2.53 bits per heavy atom. The van der Waals surface area contributed by atoms with Gasteiger partial charge in [-0.05, 0) is 22.0 Å². The first kappa shape index (κ1) is 12.5. The molecule has 0 aliphatic rings. The van der Waals surface area contributed by atoms with Crippen LogP contribution in [0.5, 0.6) is 0 Å². The molecule has 15 heavy (non-hydrogen) atoms. The van der Waals surface area contributed by atoms with Gasteiger partial charge in [0, 0.05) is 4.47 Å². The fourth-order valence-corrected chi connectivity index (χ4v) is 2.32. The average molecular weight is 345 g/mol. The zero-order valence-corrected chi connectivity index (χ0v) is 10.6. The molecule has 0 atom stereocenters. The molecule has 0 N–H and O–H groups in total. The predicted octanol–water partition coefficient (Wildman–Crippen LogP) is 3.33. The normalized spacial score (nSPS) is 10.5. The molecule has 1 heterocycles. The third-order valence-corrected chi connectivity index (χ3v) is 2.83. The Hall–Kier alpha value is -0.560. The number of ether oxygens (including phenoxy) is 1. The van der Waals surface area contributed by atoms with Gasteiger partial charge in [-0.1, -0.05) is 15.9 Å². The van der Waals surface area contributed by atoms with E-state index in [4.69, 9.17) is 0 Å². The number of rotatable bonds is 2. The molecule has 0 amide bonds. The zero-order chi connectivity index (χ0) is 11.6. The summed E-state index contributed by atoms with van der Waals surface area (Å²) >= 11 is 5.81. The van der Waals surface area contributed by atoms with Crippen molar-refractivity contribution in [2.75, 3.05) is 7.11 Å². The zero-order valence-electron chi connectivity index (χ0n) is 7.43. The van der Waals surface area contributed by atoms with E-state index in [0.29, 0.717) is 0 Å². The summed E-state index contributed by atoms with van der Waals surface area (Å²) in [5, 5.41) is 0. The van der Waals surface area contributed by atoms with Crippen LogP contribution in [-0.4, -0.2) is 18.1 Å². The van der Waals surface area contributed by atoms with Gasteiger partial charge in [-0.15, -0.1) is 0 Å². The number of pyridine rings is 1. The van der Waals surface area contributed by atoms with Crippen molar-refractivity contribution in [3.8, 4) is 0 Å². The van der Waals surface area contributed by atoms with Crippen molar-refractivity contribution < 1.29 is 18.3 Å².